The Labute approximate surface area is 115 Å². The van der Waals surface area contributed by atoms with Crippen molar-refractivity contribution in [2.75, 3.05) is 5.73 Å². The summed E-state index contributed by atoms with van der Waals surface area (Å²) in [6.07, 6.45) is 1.70. The van der Waals surface area contributed by atoms with Gasteiger partial charge in [0.1, 0.15) is 0 Å². The van der Waals surface area contributed by atoms with E-state index < -0.39 is 0 Å². The molecule has 18 heavy (non-hydrogen) atoms. The third-order valence-electron chi connectivity index (χ3n) is 2.30. The average molecular weight is 323 g/mol. The summed E-state index contributed by atoms with van der Waals surface area (Å²) in [5.74, 6) is 0.958. The Hall–Kier alpha value is -1.73. The van der Waals surface area contributed by atoms with Crippen LogP contribution in [0.2, 0.25) is 0 Å². The first-order valence-corrected chi connectivity index (χ1v) is 6.69. The Kier molecular flexibility index (Phi) is 2.85. The first-order valence-electron chi connectivity index (χ1n) is 5.02. The lowest BCUT2D eigenvalue weighted by molar-refractivity contribution is 0.432. The largest absolute Gasteiger partial charge is 0.399 e. The van der Waals surface area contributed by atoms with Crippen molar-refractivity contribution in [2.24, 2.45) is 0 Å². The summed E-state index contributed by atoms with van der Waals surface area (Å²) in [6.45, 7) is 0. The van der Waals surface area contributed by atoms with Crippen molar-refractivity contribution in [1.29, 1.82) is 0 Å². The second kappa shape index (κ2) is 4.51. The SMILES string of the molecule is Nc1ccc(Br)c(-c2nc(-c3cncs3)no2)c1. The minimum absolute atomic E-state index is 0.428. The maximum Gasteiger partial charge on any atom is 0.259 e. The molecule has 0 radical (unpaired) electrons. The Morgan fingerprint density at radius 2 is 2.22 bits per heavy atom. The molecule has 2 aromatic heterocycles. The Bertz CT molecular complexity index is 680. The number of hydrogen-bond donors (Lipinski definition) is 1. The molecule has 7 heteroatoms. The zero-order chi connectivity index (χ0) is 12.5. The maximum atomic E-state index is 5.75. The summed E-state index contributed by atoms with van der Waals surface area (Å²) in [7, 11) is 0. The molecule has 0 aliphatic carbocycles. The predicted octanol–water partition coefficient (Wildman–Crippen LogP) is 3.20. The predicted molar refractivity (Wildman–Crippen MR) is 73.0 cm³/mol. The van der Waals surface area contributed by atoms with Gasteiger partial charge in [-0.05, 0) is 34.1 Å². The van der Waals surface area contributed by atoms with Gasteiger partial charge in [-0.2, -0.15) is 4.98 Å². The monoisotopic (exact) mass is 322 g/mol. The number of nitrogens with zero attached hydrogens (tertiary/aromatic N) is 3. The zero-order valence-electron chi connectivity index (χ0n) is 9.00. The van der Waals surface area contributed by atoms with Crippen LogP contribution in [-0.4, -0.2) is 15.1 Å². The lowest BCUT2D eigenvalue weighted by atomic mass is 10.2. The first kappa shape index (κ1) is 11.4. The summed E-state index contributed by atoms with van der Waals surface area (Å²) >= 11 is 4.89. The van der Waals surface area contributed by atoms with Gasteiger partial charge in [-0.3, -0.25) is 4.98 Å². The van der Waals surface area contributed by atoms with Crippen LogP contribution in [0.5, 0.6) is 0 Å². The third kappa shape index (κ3) is 2.02. The van der Waals surface area contributed by atoms with Gasteiger partial charge in [0, 0.05) is 16.4 Å². The molecule has 0 unspecified atom stereocenters. The van der Waals surface area contributed by atoms with E-state index in [1.54, 1.807) is 23.8 Å². The van der Waals surface area contributed by atoms with E-state index in [1.165, 1.54) is 11.3 Å². The normalized spacial score (nSPS) is 10.7. The Morgan fingerprint density at radius 3 is 3.00 bits per heavy atom. The highest BCUT2D eigenvalue weighted by Crippen LogP contribution is 2.30. The van der Waals surface area contributed by atoms with Crippen molar-refractivity contribution >= 4 is 33.0 Å². The molecule has 0 spiro atoms. The molecule has 90 valence electrons. The number of nitrogens with two attached hydrogens (primary N) is 1. The van der Waals surface area contributed by atoms with E-state index in [0.29, 0.717) is 17.4 Å². The standard InChI is InChI=1S/C11H7BrN4OS/c12-8-2-1-6(13)3-7(8)11-15-10(16-17-11)9-4-14-5-18-9/h1-5H,13H2. The van der Waals surface area contributed by atoms with Crippen molar-refractivity contribution in [3.63, 3.8) is 0 Å². The molecular formula is C11H7BrN4OS. The summed E-state index contributed by atoms with van der Waals surface area (Å²) in [4.78, 5) is 9.18. The number of benzene rings is 1. The molecule has 1 aromatic carbocycles. The number of hydrogen-bond acceptors (Lipinski definition) is 6. The first-order chi connectivity index (χ1) is 8.74. The van der Waals surface area contributed by atoms with E-state index in [0.717, 1.165) is 14.9 Å². The second-order valence-electron chi connectivity index (χ2n) is 3.53. The van der Waals surface area contributed by atoms with Gasteiger partial charge in [0.25, 0.3) is 5.89 Å². The van der Waals surface area contributed by atoms with E-state index in [-0.39, 0.29) is 0 Å². The fraction of sp³-hybridized carbons (Fsp3) is 0. The number of rotatable bonds is 2. The lowest BCUT2D eigenvalue weighted by Gasteiger charge is -1.99. The highest BCUT2D eigenvalue weighted by atomic mass is 79.9. The fourth-order valence-corrected chi connectivity index (χ4v) is 2.43. The highest BCUT2D eigenvalue weighted by molar-refractivity contribution is 9.10. The molecule has 0 atom stereocenters. The van der Waals surface area contributed by atoms with E-state index in [1.807, 2.05) is 6.07 Å². The molecule has 0 bridgehead atoms. The summed E-state index contributed by atoms with van der Waals surface area (Å²) in [5, 5.41) is 3.93. The maximum absolute atomic E-state index is 5.75. The quantitative estimate of drug-likeness (QED) is 0.733. The Morgan fingerprint density at radius 1 is 1.33 bits per heavy atom. The van der Waals surface area contributed by atoms with Gasteiger partial charge in [-0.1, -0.05) is 5.16 Å². The van der Waals surface area contributed by atoms with Gasteiger partial charge in [0.2, 0.25) is 5.82 Å². The fourth-order valence-electron chi connectivity index (χ4n) is 1.47. The van der Waals surface area contributed by atoms with Crippen LogP contribution < -0.4 is 5.73 Å². The van der Waals surface area contributed by atoms with Crippen molar-refractivity contribution in [1.82, 2.24) is 15.1 Å². The smallest absolute Gasteiger partial charge is 0.259 e. The van der Waals surface area contributed by atoms with Crippen LogP contribution in [0, 0.1) is 0 Å². The molecular weight excluding hydrogens is 316 g/mol. The van der Waals surface area contributed by atoms with Crippen molar-refractivity contribution in [3.8, 4) is 22.2 Å². The van der Waals surface area contributed by atoms with Crippen LogP contribution in [0.3, 0.4) is 0 Å². The topological polar surface area (TPSA) is 77.8 Å². The average Bonchev–Trinajstić information content (AvgIpc) is 3.00. The van der Waals surface area contributed by atoms with E-state index >= 15 is 0 Å². The summed E-state index contributed by atoms with van der Waals surface area (Å²) < 4.78 is 6.10. The summed E-state index contributed by atoms with van der Waals surface area (Å²) in [5.41, 5.74) is 8.89. The molecule has 5 nitrogen and oxygen atoms in total. The summed E-state index contributed by atoms with van der Waals surface area (Å²) in [6, 6.07) is 5.43. The van der Waals surface area contributed by atoms with Gasteiger partial charge in [-0.25, -0.2) is 0 Å². The number of anilines is 1. The molecule has 0 saturated carbocycles. The van der Waals surface area contributed by atoms with Crippen LogP contribution >= 0.6 is 27.3 Å². The van der Waals surface area contributed by atoms with Crippen LogP contribution in [-0.2, 0) is 0 Å². The minimum atomic E-state index is 0.428. The van der Waals surface area contributed by atoms with Crippen LogP contribution in [0.1, 0.15) is 0 Å². The minimum Gasteiger partial charge on any atom is -0.399 e. The molecule has 3 rings (SSSR count). The van der Waals surface area contributed by atoms with Crippen molar-refractivity contribution in [2.45, 2.75) is 0 Å². The van der Waals surface area contributed by atoms with Crippen molar-refractivity contribution < 1.29 is 4.52 Å². The molecule has 0 saturated heterocycles. The van der Waals surface area contributed by atoms with Gasteiger partial charge >= 0.3 is 0 Å². The molecule has 0 aliphatic heterocycles. The Balaban J connectivity index is 2.05. The van der Waals surface area contributed by atoms with Crippen LogP contribution in [0.15, 0.2) is 38.9 Å². The van der Waals surface area contributed by atoms with E-state index in [9.17, 15) is 0 Å². The van der Waals surface area contributed by atoms with Gasteiger partial charge in [-0.15, -0.1) is 11.3 Å². The van der Waals surface area contributed by atoms with Crippen LogP contribution in [0.25, 0.3) is 22.2 Å². The molecule has 0 aliphatic rings. The molecule has 2 N–H and O–H groups in total. The van der Waals surface area contributed by atoms with Gasteiger partial charge in [0.05, 0.1) is 16.0 Å². The number of halogens is 1. The highest BCUT2D eigenvalue weighted by Gasteiger charge is 2.14. The third-order valence-corrected chi connectivity index (χ3v) is 3.76. The van der Waals surface area contributed by atoms with Crippen LogP contribution in [0.4, 0.5) is 5.69 Å². The van der Waals surface area contributed by atoms with Crippen molar-refractivity contribution in [3.05, 3.63) is 34.4 Å². The second-order valence-corrected chi connectivity index (χ2v) is 5.27. The van der Waals surface area contributed by atoms with E-state index in [4.69, 9.17) is 10.3 Å². The number of thiazole rings is 1. The zero-order valence-corrected chi connectivity index (χ0v) is 11.4. The molecule has 2 heterocycles. The van der Waals surface area contributed by atoms with Gasteiger partial charge in [0.15, 0.2) is 0 Å². The lowest BCUT2D eigenvalue weighted by Crippen LogP contribution is -1.87. The number of nitrogen functional groups attached to an aromatic ring is 1. The van der Waals surface area contributed by atoms with E-state index in [2.05, 4.69) is 31.1 Å². The molecule has 3 aromatic rings. The van der Waals surface area contributed by atoms with Gasteiger partial charge < -0.3 is 10.3 Å². The molecule has 0 amide bonds. The molecule has 0 fully saturated rings. The number of aromatic nitrogens is 3.